The van der Waals surface area contributed by atoms with Gasteiger partial charge >= 0.3 is 0 Å². The highest BCUT2D eigenvalue weighted by Crippen LogP contribution is 2.25. The first-order valence-electron chi connectivity index (χ1n) is 7.90. The third kappa shape index (κ3) is 3.42. The maximum atomic E-state index is 4.67. The lowest BCUT2D eigenvalue weighted by atomic mass is 10.1. The molecule has 2 aromatic carbocycles. The molecule has 0 saturated carbocycles. The minimum Gasteiger partial charge on any atom is -0.367 e. The van der Waals surface area contributed by atoms with Gasteiger partial charge in [-0.05, 0) is 57.0 Å². The molecule has 0 fully saturated rings. The Balaban J connectivity index is 2.05. The van der Waals surface area contributed by atoms with E-state index in [4.69, 9.17) is 0 Å². The normalized spacial score (nSPS) is 11.0. The summed E-state index contributed by atoms with van der Waals surface area (Å²) >= 11 is 0. The number of fused-ring (bicyclic) bond motifs is 1. The lowest BCUT2D eigenvalue weighted by Gasteiger charge is -2.15. The summed E-state index contributed by atoms with van der Waals surface area (Å²) in [5, 5.41) is 7.80. The number of nitrogens with one attached hydrogen (secondary N) is 2. The van der Waals surface area contributed by atoms with Crippen molar-refractivity contribution >= 4 is 28.4 Å². The summed E-state index contributed by atoms with van der Waals surface area (Å²) in [4.78, 5) is 9.32. The molecule has 2 N–H and O–H groups in total. The number of aromatic nitrogens is 2. The first kappa shape index (κ1) is 15.3. The van der Waals surface area contributed by atoms with E-state index in [1.54, 1.807) is 0 Å². The maximum Gasteiger partial charge on any atom is 0.229 e. The zero-order valence-corrected chi connectivity index (χ0v) is 14.0. The minimum atomic E-state index is 0.307. The Hall–Kier alpha value is -2.62. The molecular formula is C19H22N4. The molecule has 0 spiro atoms. The van der Waals surface area contributed by atoms with E-state index in [1.807, 2.05) is 24.3 Å². The zero-order valence-electron chi connectivity index (χ0n) is 14.0. The topological polar surface area (TPSA) is 49.8 Å². The largest absolute Gasteiger partial charge is 0.367 e. The predicted molar refractivity (Wildman–Crippen MR) is 97.5 cm³/mol. The molecule has 1 aromatic heterocycles. The van der Waals surface area contributed by atoms with Crippen molar-refractivity contribution in [3.63, 3.8) is 0 Å². The van der Waals surface area contributed by atoms with Crippen molar-refractivity contribution in [1.82, 2.24) is 9.97 Å². The molecule has 0 amide bonds. The maximum absolute atomic E-state index is 4.67. The average molecular weight is 306 g/mol. The van der Waals surface area contributed by atoms with Gasteiger partial charge in [0.2, 0.25) is 5.95 Å². The molecule has 0 saturated heterocycles. The van der Waals surface area contributed by atoms with Gasteiger partial charge in [0.05, 0.1) is 5.52 Å². The molecule has 0 aliphatic heterocycles. The van der Waals surface area contributed by atoms with Crippen LogP contribution in [0.3, 0.4) is 0 Å². The smallest absolute Gasteiger partial charge is 0.229 e. The number of benzene rings is 2. The van der Waals surface area contributed by atoms with Crippen LogP contribution in [0.1, 0.15) is 25.0 Å². The van der Waals surface area contributed by atoms with Gasteiger partial charge in [0.25, 0.3) is 0 Å². The SMILES string of the molecule is Cc1ccc(C)c(Nc2nc(NC(C)C)c3ccccc3n2)c1. The summed E-state index contributed by atoms with van der Waals surface area (Å²) < 4.78 is 0. The Bertz CT molecular complexity index is 840. The number of aryl methyl sites for hydroxylation is 2. The second-order valence-corrected chi connectivity index (χ2v) is 6.16. The number of hydrogen-bond acceptors (Lipinski definition) is 4. The van der Waals surface area contributed by atoms with Crippen LogP contribution in [0.5, 0.6) is 0 Å². The summed E-state index contributed by atoms with van der Waals surface area (Å²) in [5.74, 6) is 1.47. The molecule has 4 nitrogen and oxygen atoms in total. The number of rotatable bonds is 4. The highest BCUT2D eigenvalue weighted by Gasteiger charge is 2.09. The molecule has 0 unspecified atom stereocenters. The molecule has 0 radical (unpaired) electrons. The Kier molecular flexibility index (Phi) is 4.15. The third-order valence-electron chi connectivity index (χ3n) is 3.67. The van der Waals surface area contributed by atoms with Gasteiger partial charge in [-0.1, -0.05) is 24.3 Å². The van der Waals surface area contributed by atoms with Crippen molar-refractivity contribution in [2.45, 2.75) is 33.7 Å². The molecule has 0 bridgehead atoms. The van der Waals surface area contributed by atoms with Crippen LogP contribution in [-0.4, -0.2) is 16.0 Å². The minimum absolute atomic E-state index is 0.307. The van der Waals surface area contributed by atoms with Crippen LogP contribution in [0, 0.1) is 13.8 Å². The number of para-hydroxylation sites is 1. The summed E-state index contributed by atoms with van der Waals surface area (Å²) in [6.45, 7) is 8.37. The van der Waals surface area contributed by atoms with Crippen LogP contribution in [0.15, 0.2) is 42.5 Å². The van der Waals surface area contributed by atoms with E-state index in [0.717, 1.165) is 22.4 Å². The van der Waals surface area contributed by atoms with Crippen molar-refractivity contribution in [2.75, 3.05) is 10.6 Å². The first-order chi connectivity index (χ1) is 11.0. The summed E-state index contributed by atoms with van der Waals surface area (Å²) in [6, 6.07) is 14.7. The van der Waals surface area contributed by atoms with Crippen molar-refractivity contribution in [2.24, 2.45) is 0 Å². The first-order valence-corrected chi connectivity index (χ1v) is 7.90. The van der Waals surface area contributed by atoms with Crippen LogP contribution >= 0.6 is 0 Å². The molecule has 4 heteroatoms. The summed E-state index contributed by atoms with van der Waals surface area (Å²) in [6.07, 6.45) is 0. The van der Waals surface area contributed by atoms with Gasteiger partial charge in [-0.15, -0.1) is 0 Å². The quantitative estimate of drug-likeness (QED) is 0.726. The van der Waals surface area contributed by atoms with Crippen molar-refractivity contribution in [3.05, 3.63) is 53.6 Å². The molecule has 1 heterocycles. The van der Waals surface area contributed by atoms with Gasteiger partial charge in [0, 0.05) is 17.1 Å². The molecule has 3 aromatic rings. The fourth-order valence-electron chi connectivity index (χ4n) is 2.51. The summed E-state index contributed by atoms with van der Waals surface area (Å²) in [7, 11) is 0. The Morgan fingerprint density at radius 2 is 1.74 bits per heavy atom. The van der Waals surface area contributed by atoms with Crippen LogP contribution in [0.2, 0.25) is 0 Å². The molecule has 0 aliphatic carbocycles. The predicted octanol–water partition coefficient (Wildman–Crippen LogP) is 4.81. The Labute approximate surface area is 137 Å². The molecule has 0 aliphatic rings. The van der Waals surface area contributed by atoms with Crippen molar-refractivity contribution in [3.8, 4) is 0 Å². The van der Waals surface area contributed by atoms with Gasteiger partial charge in [-0.25, -0.2) is 4.98 Å². The standard InChI is InChI=1S/C19H22N4/c1-12(2)20-18-15-7-5-6-8-16(15)21-19(23-18)22-17-11-13(3)9-10-14(17)4/h5-12H,1-4H3,(H2,20,21,22,23). The molecule has 3 rings (SSSR count). The second-order valence-electron chi connectivity index (χ2n) is 6.16. The monoisotopic (exact) mass is 306 g/mol. The molecule has 118 valence electrons. The molecule has 0 atom stereocenters. The highest BCUT2D eigenvalue weighted by molar-refractivity contribution is 5.90. The van der Waals surface area contributed by atoms with Crippen LogP contribution < -0.4 is 10.6 Å². The van der Waals surface area contributed by atoms with Crippen molar-refractivity contribution in [1.29, 1.82) is 0 Å². The van der Waals surface area contributed by atoms with Crippen LogP contribution in [-0.2, 0) is 0 Å². The van der Waals surface area contributed by atoms with E-state index in [2.05, 4.69) is 66.5 Å². The van der Waals surface area contributed by atoms with Crippen LogP contribution in [0.25, 0.3) is 10.9 Å². The Morgan fingerprint density at radius 3 is 2.52 bits per heavy atom. The van der Waals surface area contributed by atoms with Gasteiger partial charge in [0.15, 0.2) is 0 Å². The highest BCUT2D eigenvalue weighted by atomic mass is 15.1. The van der Waals surface area contributed by atoms with E-state index in [0.29, 0.717) is 12.0 Å². The van der Waals surface area contributed by atoms with Crippen molar-refractivity contribution < 1.29 is 0 Å². The van der Waals surface area contributed by atoms with Gasteiger partial charge in [-0.2, -0.15) is 4.98 Å². The van der Waals surface area contributed by atoms with E-state index >= 15 is 0 Å². The number of hydrogen-bond donors (Lipinski definition) is 2. The van der Waals surface area contributed by atoms with Crippen LogP contribution in [0.4, 0.5) is 17.5 Å². The second kappa shape index (κ2) is 6.24. The van der Waals surface area contributed by atoms with Gasteiger partial charge < -0.3 is 10.6 Å². The van der Waals surface area contributed by atoms with E-state index in [9.17, 15) is 0 Å². The van der Waals surface area contributed by atoms with E-state index in [-0.39, 0.29) is 0 Å². The third-order valence-corrected chi connectivity index (χ3v) is 3.67. The average Bonchev–Trinajstić information content (AvgIpc) is 2.50. The van der Waals surface area contributed by atoms with E-state index < -0.39 is 0 Å². The lowest BCUT2D eigenvalue weighted by molar-refractivity contribution is 0.891. The fraction of sp³-hybridized carbons (Fsp3) is 0.263. The number of anilines is 3. The molecular weight excluding hydrogens is 284 g/mol. The van der Waals surface area contributed by atoms with Gasteiger partial charge in [0.1, 0.15) is 5.82 Å². The molecule has 23 heavy (non-hydrogen) atoms. The number of nitrogens with zero attached hydrogens (tertiary/aromatic N) is 2. The van der Waals surface area contributed by atoms with Gasteiger partial charge in [-0.3, -0.25) is 0 Å². The fourth-order valence-corrected chi connectivity index (χ4v) is 2.51. The summed E-state index contributed by atoms with van der Waals surface area (Å²) in [5.41, 5.74) is 4.35. The Morgan fingerprint density at radius 1 is 0.957 bits per heavy atom. The van der Waals surface area contributed by atoms with E-state index in [1.165, 1.54) is 11.1 Å². The lowest BCUT2D eigenvalue weighted by Crippen LogP contribution is -2.12. The zero-order chi connectivity index (χ0) is 16.4.